The molecule has 0 spiro atoms. The quantitative estimate of drug-likeness (QED) is 0.142. The molecule has 50 heavy (non-hydrogen) atoms. The van der Waals surface area contributed by atoms with Gasteiger partial charge in [-0.2, -0.15) is 0 Å². The van der Waals surface area contributed by atoms with Crippen molar-refractivity contribution < 1.29 is 0 Å². The van der Waals surface area contributed by atoms with Crippen LogP contribution in [0.1, 0.15) is 23.1 Å². The Hall–Kier alpha value is -6.38. The lowest BCUT2D eigenvalue weighted by molar-refractivity contribution is 0.648. The molecule has 2 aliphatic carbocycles. The van der Waals surface area contributed by atoms with Crippen LogP contribution in [-0.2, 0) is 6.42 Å². The molecule has 236 valence electrons. The highest BCUT2D eigenvalue weighted by Crippen LogP contribution is 2.40. The molecule has 0 saturated carbocycles. The van der Waals surface area contributed by atoms with E-state index in [0.717, 1.165) is 51.0 Å². The van der Waals surface area contributed by atoms with Crippen LogP contribution in [0.3, 0.4) is 0 Å². The molecule has 6 aromatic rings. The van der Waals surface area contributed by atoms with Crippen molar-refractivity contribution in [3.8, 4) is 39.9 Å². The monoisotopic (exact) mass is 641 g/mol. The lowest BCUT2D eigenvalue weighted by atomic mass is 9.78. The third-order valence-corrected chi connectivity index (χ3v) is 10.4. The second kappa shape index (κ2) is 11.6. The molecule has 0 radical (unpaired) electrons. The fraction of sp³-hybridized carbons (Fsp3) is 0.111. The van der Waals surface area contributed by atoms with Gasteiger partial charge >= 0.3 is 0 Å². The summed E-state index contributed by atoms with van der Waals surface area (Å²) in [5, 5.41) is 2.26. The van der Waals surface area contributed by atoms with Gasteiger partial charge in [0.1, 0.15) is 11.5 Å². The molecule has 3 aromatic carbocycles. The third-order valence-electron chi connectivity index (χ3n) is 10.4. The van der Waals surface area contributed by atoms with E-state index < -0.39 is 0 Å². The molecule has 0 amide bonds. The summed E-state index contributed by atoms with van der Waals surface area (Å²) >= 11 is 0. The number of nitrogens with zero attached hydrogens (tertiary/aromatic N) is 5. The Kier molecular flexibility index (Phi) is 6.67. The van der Waals surface area contributed by atoms with E-state index in [2.05, 4.69) is 112 Å². The Balaban J connectivity index is 1.03. The van der Waals surface area contributed by atoms with Gasteiger partial charge in [-0.05, 0) is 100.0 Å². The average molecular weight is 642 g/mol. The number of aliphatic imine (C=N–C) groups is 2. The van der Waals surface area contributed by atoms with E-state index in [4.69, 9.17) is 15.0 Å². The molecule has 10 rings (SSSR count). The summed E-state index contributed by atoms with van der Waals surface area (Å²) in [6.45, 7) is 0. The number of hydrogen-bond donors (Lipinski definition) is 0. The van der Waals surface area contributed by atoms with Crippen LogP contribution in [0.5, 0.6) is 0 Å². The van der Waals surface area contributed by atoms with Crippen molar-refractivity contribution in [2.24, 2.45) is 21.8 Å². The fourth-order valence-corrected chi connectivity index (χ4v) is 7.95. The molecule has 0 saturated heterocycles. The Morgan fingerprint density at radius 3 is 2.56 bits per heavy atom. The number of benzene rings is 3. The predicted octanol–water partition coefficient (Wildman–Crippen LogP) is 9.48. The first-order valence-corrected chi connectivity index (χ1v) is 17.2. The number of rotatable bonds is 4. The van der Waals surface area contributed by atoms with Crippen molar-refractivity contribution in [3.05, 3.63) is 150 Å². The van der Waals surface area contributed by atoms with Crippen LogP contribution in [-0.4, -0.2) is 32.5 Å². The molecule has 0 fully saturated rings. The lowest BCUT2D eigenvalue weighted by Gasteiger charge is -2.32. The van der Waals surface area contributed by atoms with Crippen molar-refractivity contribution >= 4 is 45.6 Å². The van der Waals surface area contributed by atoms with Gasteiger partial charge in [0.25, 0.3) is 0 Å². The Labute approximate surface area is 290 Å². The Morgan fingerprint density at radius 1 is 0.760 bits per heavy atom. The topological polar surface area (TPSA) is 55.4 Å². The van der Waals surface area contributed by atoms with Crippen molar-refractivity contribution in [1.29, 1.82) is 0 Å². The van der Waals surface area contributed by atoms with Gasteiger partial charge < -0.3 is 0 Å². The number of allylic oxidation sites excluding steroid dienone is 4. The van der Waals surface area contributed by atoms with E-state index in [9.17, 15) is 0 Å². The summed E-state index contributed by atoms with van der Waals surface area (Å²) in [7, 11) is 0. The summed E-state index contributed by atoms with van der Waals surface area (Å²) in [6.07, 6.45) is 22.5. The van der Waals surface area contributed by atoms with Gasteiger partial charge in [0.05, 0.1) is 23.0 Å². The SMILES string of the molecule is C1#CCc2c(-c3ccc4c(c3)c3cccnc3n4-c3ccccn3)ccc(-c3ccc(C4=CCC5C=CC6C=CC=NC6C5=N4)cc3)c2C=C1. The molecule has 3 unspecified atom stereocenters. The molecule has 4 aliphatic rings. The van der Waals surface area contributed by atoms with Crippen LogP contribution in [0.2, 0.25) is 0 Å². The van der Waals surface area contributed by atoms with Gasteiger partial charge in [0.2, 0.25) is 0 Å². The van der Waals surface area contributed by atoms with Crippen LogP contribution in [0.25, 0.3) is 61.8 Å². The van der Waals surface area contributed by atoms with Crippen molar-refractivity contribution in [1.82, 2.24) is 14.5 Å². The molecular formula is C45H31N5. The number of pyridine rings is 2. The van der Waals surface area contributed by atoms with Gasteiger partial charge in [-0.3, -0.25) is 14.6 Å². The van der Waals surface area contributed by atoms with Crippen LogP contribution < -0.4 is 0 Å². The molecule has 5 heteroatoms. The Bertz CT molecular complexity index is 2600. The Morgan fingerprint density at radius 2 is 1.64 bits per heavy atom. The predicted molar refractivity (Wildman–Crippen MR) is 205 cm³/mol. The molecule has 2 aliphatic heterocycles. The second-order valence-corrected chi connectivity index (χ2v) is 13.1. The molecule has 0 bridgehead atoms. The van der Waals surface area contributed by atoms with Crippen LogP contribution >= 0.6 is 0 Å². The molecular weight excluding hydrogens is 611 g/mol. The summed E-state index contributed by atoms with van der Waals surface area (Å²) in [5.74, 6) is 8.11. The molecule has 3 aromatic heterocycles. The number of hydrogen-bond acceptors (Lipinski definition) is 4. The normalized spacial score (nSPS) is 20.0. The lowest BCUT2D eigenvalue weighted by Crippen LogP contribution is -2.36. The zero-order chi connectivity index (χ0) is 33.0. The standard InChI is InChI=1S/C45H31N5/c1-2-9-36-34(29-13-15-30(16-14-29)40-23-19-32-18-17-31-8-6-26-47-43(31)44(32)49-40)21-22-35(37(36)10-3-1)33-20-24-41-39(28-33)38-11-7-27-48-45(38)50(41)42-12-4-5-25-46-42/h2,4-9,11-18,20-28,31-32,43H,10,19H2. The highest BCUT2D eigenvalue weighted by Gasteiger charge is 2.33. The van der Waals surface area contributed by atoms with Gasteiger partial charge in [-0.1, -0.05) is 84.7 Å². The summed E-state index contributed by atoms with van der Waals surface area (Å²) in [6, 6.07) is 30.4. The minimum atomic E-state index is 0.109. The van der Waals surface area contributed by atoms with Crippen LogP contribution in [0.15, 0.2) is 144 Å². The second-order valence-electron chi connectivity index (χ2n) is 13.1. The summed E-state index contributed by atoms with van der Waals surface area (Å²) in [4.78, 5) is 19.4. The first-order chi connectivity index (χ1) is 24.8. The van der Waals surface area contributed by atoms with E-state index in [0.29, 0.717) is 18.3 Å². The van der Waals surface area contributed by atoms with Crippen molar-refractivity contribution in [2.75, 3.05) is 0 Å². The van der Waals surface area contributed by atoms with Gasteiger partial charge in [0, 0.05) is 47.6 Å². The average Bonchev–Trinajstić information content (AvgIpc) is 3.31. The van der Waals surface area contributed by atoms with Gasteiger partial charge in [-0.25, -0.2) is 9.97 Å². The first kappa shape index (κ1) is 28.6. The maximum Gasteiger partial charge on any atom is 0.146 e. The zero-order valence-electron chi connectivity index (χ0n) is 27.2. The van der Waals surface area contributed by atoms with E-state index >= 15 is 0 Å². The maximum absolute atomic E-state index is 5.19. The van der Waals surface area contributed by atoms with Gasteiger partial charge in [0.15, 0.2) is 0 Å². The molecule has 5 nitrogen and oxygen atoms in total. The number of dihydropyridines is 1. The smallest absolute Gasteiger partial charge is 0.146 e. The molecule has 0 N–H and O–H groups in total. The largest absolute Gasteiger partial charge is 0.283 e. The molecule has 3 atom stereocenters. The summed E-state index contributed by atoms with van der Waals surface area (Å²) in [5.41, 5.74) is 12.5. The van der Waals surface area contributed by atoms with E-state index in [1.165, 1.54) is 33.5 Å². The van der Waals surface area contributed by atoms with E-state index in [1.54, 1.807) is 0 Å². The highest BCUT2D eigenvalue weighted by atomic mass is 15.1. The van der Waals surface area contributed by atoms with Crippen LogP contribution in [0, 0.1) is 23.7 Å². The van der Waals surface area contributed by atoms with E-state index in [1.807, 2.05) is 55.0 Å². The third kappa shape index (κ3) is 4.64. The zero-order valence-corrected chi connectivity index (χ0v) is 27.2. The van der Waals surface area contributed by atoms with Crippen LogP contribution in [0.4, 0.5) is 0 Å². The first-order valence-electron chi connectivity index (χ1n) is 17.2. The van der Waals surface area contributed by atoms with Crippen molar-refractivity contribution in [3.63, 3.8) is 0 Å². The minimum Gasteiger partial charge on any atom is -0.283 e. The summed E-state index contributed by atoms with van der Waals surface area (Å²) < 4.78 is 2.15. The number of fused-ring (bicyclic) bond motifs is 7. The van der Waals surface area contributed by atoms with E-state index in [-0.39, 0.29) is 6.04 Å². The highest BCUT2D eigenvalue weighted by molar-refractivity contribution is 6.09. The maximum atomic E-state index is 5.19. The fourth-order valence-electron chi connectivity index (χ4n) is 7.95. The number of aromatic nitrogens is 3. The van der Waals surface area contributed by atoms with Gasteiger partial charge in [-0.15, -0.1) is 0 Å². The van der Waals surface area contributed by atoms with Crippen molar-refractivity contribution in [2.45, 2.75) is 18.9 Å². The molecule has 5 heterocycles. The minimum absolute atomic E-state index is 0.109.